The third-order valence-corrected chi connectivity index (χ3v) is 4.65. The van der Waals surface area contributed by atoms with Crippen molar-refractivity contribution in [1.82, 2.24) is 9.13 Å². The lowest BCUT2D eigenvalue weighted by Crippen LogP contribution is -2.25. The Labute approximate surface area is 151 Å². The molecule has 0 unspecified atom stereocenters. The molecule has 1 aromatic heterocycles. The van der Waals surface area contributed by atoms with Crippen LogP contribution in [0, 0.1) is 13.8 Å². The molecule has 0 atom stereocenters. The number of halogens is 1. The second-order valence-corrected chi connectivity index (χ2v) is 6.62. The quantitative estimate of drug-likeness (QED) is 0.667. The number of para-hydroxylation sites is 1. The smallest absolute Gasteiger partial charge is 0.333 e. The number of benzene rings is 2. The van der Waals surface area contributed by atoms with E-state index in [2.05, 4.69) is 6.58 Å². The maximum atomic E-state index is 12.8. The van der Waals surface area contributed by atoms with E-state index in [9.17, 15) is 4.79 Å². The van der Waals surface area contributed by atoms with E-state index in [4.69, 9.17) is 16.3 Å². The van der Waals surface area contributed by atoms with Gasteiger partial charge in [-0.15, -0.1) is 0 Å². The fourth-order valence-electron chi connectivity index (χ4n) is 2.90. The molecule has 0 aliphatic carbocycles. The van der Waals surface area contributed by atoms with Crippen LogP contribution in [0.1, 0.15) is 18.1 Å². The molecule has 1 heterocycles. The molecule has 130 valence electrons. The molecule has 0 amide bonds. The van der Waals surface area contributed by atoms with E-state index in [-0.39, 0.29) is 5.69 Å². The number of imidazole rings is 1. The number of fused-ring (bicyclic) bond motifs is 1. The molecule has 0 aliphatic rings. The number of ether oxygens (including phenoxy) is 1. The molecule has 25 heavy (non-hydrogen) atoms. The molecular formula is C20H21ClN2O2. The minimum atomic E-state index is -0.102. The summed E-state index contributed by atoms with van der Waals surface area (Å²) in [5.41, 5.74) is 4.65. The zero-order chi connectivity index (χ0) is 18.1. The summed E-state index contributed by atoms with van der Waals surface area (Å²) in [6, 6.07) is 11.4. The van der Waals surface area contributed by atoms with Crippen LogP contribution in [0.2, 0.25) is 5.02 Å². The number of hydrogen-bond donors (Lipinski definition) is 0. The average molecular weight is 357 g/mol. The van der Waals surface area contributed by atoms with Gasteiger partial charge >= 0.3 is 5.69 Å². The van der Waals surface area contributed by atoms with Crippen LogP contribution >= 0.6 is 11.6 Å². The molecule has 0 fully saturated rings. The highest BCUT2D eigenvalue weighted by Crippen LogP contribution is 2.24. The average Bonchev–Trinajstić information content (AvgIpc) is 2.81. The summed E-state index contributed by atoms with van der Waals surface area (Å²) in [6.45, 7) is 10.6. The molecule has 0 saturated heterocycles. The lowest BCUT2D eigenvalue weighted by Gasteiger charge is -2.09. The van der Waals surface area contributed by atoms with E-state index >= 15 is 0 Å². The van der Waals surface area contributed by atoms with E-state index in [0.29, 0.717) is 29.6 Å². The standard InChI is InChI=1S/C20H21ClN2O2/c1-13(2)23-18-12-15(4)14(3)11-17(18)22(20(23)24)9-10-25-19-8-6-5-7-16(19)21/h5-8,11-12H,1,9-10H2,2-4H3. The fraction of sp³-hybridized carbons (Fsp3) is 0.250. The van der Waals surface area contributed by atoms with Crippen LogP contribution in [0.15, 0.2) is 47.8 Å². The van der Waals surface area contributed by atoms with Crippen molar-refractivity contribution in [3.05, 3.63) is 69.6 Å². The molecule has 3 aromatic rings. The van der Waals surface area contributed by atoms with Crippen LogP contribution in [0.5, 0.6) is 5.75 Å². The van der Waals surface area contributed by atoms with Crippen LogP contribution in [-0.2, 0) is 6.54 Å². The fourth-order valence-corrected chi connectivity index (χ4v) is 3.09. The Bertz CT molecular complexity index is 1010. The topological polar surface area (TPSA) is 36.2 Å². The van der Waals surface area contributed by atoms with Gasteiger partial charge < -0.3 is 4.74 Å². The highest BCUT2D eigenvalue weighted by Gasteiger charge is 2.15. The lowest BCUT2D eigenvalue weighted by molar-refractivity contribution is 0.298. The van der Waals surface area contributed by atoms with Gasteiger partial charge in [-0.2, -0.15) is 0 Å². The van der Waals surface area contributed by atoms with Crippen molar-refractivity contribution < 1.29 is 4.74 Å². The number of allylic oxidation sites excluding steroid dienone is 1. The summed E-state index contributed by atoms with van der Waals surface area (Å²) in [5, 5.41) is 0.561. The first-order chi connectivity index (χ1) is 11.9. The van der Waals surface area contributed by atoms with Gasteiger partial charge in [-0.25, -0.2) is 4.79 Å². The Morgan fingerprint density at radius 3 is 2.44 bits per heavy atom. The third-order valence-electron chi connectivity index (χ3n) is 4.34. The number of aryl methyl sites for hydroxylation is 2. The van der Waals surface area contributed by atoms with Crippen molar-refractivity contribution in [1.29, 1.82) is 0 Å². The van der Waals surface area contributed by atoms with Gasteiger partial charge in [-0.1, -0.05) is 30.3 Å². The van der Waals surface area contributed by atoms with Crippen LogP contribution in [0.3, 0.4) is 0 Å². The number of rotatable bonds is 5. The molecule has 0 radical (unpaired) electrons. The normalized spacial score (nSPS) is 11.0. The molecule has 0 N–H and O–H groups in total. The largest absolute Gasteiger partial charge is 0.490 e. The van der Waals surface area contributed by atoms with E-state index in [1.54, 1.807) is 15.2 Å². The van der Waals surface area contributed by atoms with E-state index in [0.717, 1.165) is 22.2 Å². The summed E-state index contributed by atoms with van der Waals surface area (Å²) >= 11 is 6.11. The summed E-state index contributed by atoms with van der Waals surface area (Å²) in [4.78, 5) is 12.8. The van der Waals surface area contributed by atoms with E-state index < -0.39 is 0 Å². The monoisotopic (exact) mass is 356 g/mol. The first-order valence-corrected chi connectivity index (χ1v) is 8.53. The molecule has 0 spiro atoms. The Morgan fingerprint density at radius 1 is 1.16 bits per heavy atom. The second kappa shape index (κ2) is 6.81. The van der Waals surface area contributed by atoms with Gasteiger partial charge in [-0.3, -0.25) is 9.13 Å². The van der Waals surface area contributed by atoms with Crippen LogP contribution < -0.4 is 10.4 Å². The van der Waals surface area contributed by atoms with Crippen LogP contribution in [-0.4, -0.2) is 15.7 Å². The molecular weight excluding hydrogens is 336 g/mol. The number of hydrogen-bond acceptors (Lipinski definition) is 2. The second-order valence-electron chi connectivity index (χ2n) is 6.21. The highest BCUT2D eigenvalue weighted by atomic mass is 35.5. The van der Waals surface area contributed by atoms with Crippen LogP contribution in [0.4, 0.5) is 0 Å². The van der Waals surface area contributed by atoms with Gasteiger partial charge in [0.15, 0.2) is 0 Å². The van der Waals surface area contributed by atoms with E-state index in [1.807, 2.05) is 51.1 Å². The summed E-state index contributed by atoms with van der Waals surface area (Å²) in [5.74, 6) is 0.618. The highest BCUT2D eigenvalue weighted by molar-refractivity contribution is 6.32. The minimum absolute atomic E-state index is 0.102. The molecule has 0 aliphatic heterocycles. The van der Waals surface area contributed by atoms with Gasteiger partial charge in [0, 0.05) is 5.70 Å². The predicted octanol–water partition coefficient (Wildman–Crippen LogP) is 4.64. The maximum Gasteiger partial charge on any atom is 0.333 e. The zero-order valence-corrected chi connectivity index (χ0v) is 15.4. The van der Waals surface area contributed by atoms with Gasteiger partial charge in [0.25, 0.3) is 0 Å². The molecule has 0 saturated carbocycles. The van der Waals surface area contributed by atoms with Crippen molar-refractivity contribution in [2.45, 2.75) is 27.3 Å². The molecule has 3 rings (SSSR count). The SMILES string of the molecule is C=C(C)n1c(=O)n(CCOc2ccccc2Cl)c2cc(C)c(C)cc21. The van der Waals surface area contributed by atoms with Gasteiger partial charge in [0.2, 0.25) is 0 Å². The first kappa shape index (κ1) is 17.4. The molecule has 4 nitrogen and oxygen atoms in total. The van der Waals surface area contributed by atoms with Crippen molar-refractivity contribution in [3.8, 4) is 5.75 Å². The summed E-state index contributed by atoms with van der Waals surface area (Å²) in [7, 11) is 0. The van der Waals surface area contributed by atoms with Crippen molar-refractivity contribution >= 4 is 28.3 Å². The Balaban J connectivity index is 1.97. The molecule has 2 aromatic carbocycles. The Morgan fingerprint density at radius 2 is 1.80 bits per heavy atom. The van der Waals surface area contributed by atoms with Crippen molar-refractivity contribution in [2.75, 3.05) is 6.61 Å². The van der Waals surface area contributed by atoms with E-state index in [1.165, 1.54) is 0 Å². The molecule has 5 heteroatoms. The van der Waals surface area contributed by atoms with Crippen molar-refractivity contribution in [3.63, 3.8) is 0 Å². The van der Waals surface area contributed by atoms with Crippen LogP contribution in [0.25, 0.3) is 16.7 Å². The predicted molar refractivity (Wildman–Crippen MR) is 104 cm³/mol. The Kier molecular flexibility index (Phi) is 4.73. The third kappa shape index (κ3) is 3.22. The maximum absolute atomic E-state index is 12.8. The lowest BCUT2D eigenvalue weighted by atomic mass is 10.1. The first-order valence-electron chi connectivity index (χ1n) is 8.16. The Hall–Kier alpha value is -2.46. The van der Waals surface area contributed by atoms with Crippen molar-refractivity contribution in [2.24, 2.45) is 0 Å². The summed E-state index contributed by atoms with van der Waals surface area (Å²) in [6.07, 6.45) is 0. The number of aromatic nitrogens is 2. The van der Waals surface area contributed by atoms with Gasteiger partial charge in [-0.05, 0) is 56.2 Å². The number of nitrogens with zero attached hydrogens (tertiary/aromatic N) is 2. The zero-order valence-electron chi connectivity index (χ0n) is 14.7. The molecule has 0 bridgehead atoms. The van der Waals surface area contributed by atoms with Gasteiger partial charge in [0.05, 0.1) is 22.6 Å². The summed E-state index contributed by atoms with van der Waals surface area (Å²) < 4.78 is 9.12. The van der Waals surface area contributed by atoms with Gasteiger partial charge in [0.1, 0.15) is 12.4 Å². The minimum Gasteiger partial charge on any atom is -0.490 e.